The van der Waals surface area contributed by atoms with Gasteiger partial charge in [-0.25, -0.2) is 4.98 Å². The molecule has 0 amide bonds. The van der Waals surface area contributed by atoms with Gasteiger partial charge in [-0.15, -0.1) is 0 Å². The van der Waals surface area contributed by atoms with Crippen LogP contribution in [-0.2, 0) is 0 Å². The highest BCUT2D eigenvalue weighted by Gasteiger charge is 2.21. The largest absolute Gasteiger partial charge is 0.491 e. The van der Waals surface area contributed by atoms with Gasteiger partial charge in [0, 0.05) is 43.7 Å². The zero-order chi connectivity index (χ0) is 23.3. The van der Waals surface area contributed by atoms with Gasteiger partial charge in [0.2, 0.25) is 0 Å². The third-order valence-electron chi connectivity index (χ3n) is 6.42. The van der Waals surface area contributed by atoms with Gasteiger partial charge < -0.3 is 14.7 Å². The number of fused-ring (bicyclic) bond motifs is 1. The number of β-amino-alcohol motifs (C(OH)–C–C–N with tert-alkyl or cyclic N) is 1. The van der Waals surface area contributed by atoms with E-state index in [0.29, 0.717) is 13.2 Å². The third kappa shape index (κ3) is 5.22. The maximum atomic E-state index is 10.4. The second-order valence-corrected chi connectivity index (χ2v) is 8.98. The first-order chi connectivity index (χ1) is 16.7. The molecule has 1 aromatic heterocycles. The van der Waals surface area contributed by atoms with E-state index < -0.39 is 6.10 Å². The molecular weight excluding hydrogens is 422 g/mol. The number of nitrogens with zero attached hydrogens (tertiary/aromatic N) is 3. The Morgan fingerprint density at radius 3 is 2.38 bits per heavy atom. The van der Waals surface area contributed by atoms with E-state index in [0.717, 1.165) is 48.6 Å². The summed E-state index contributed by atoms with van der Waals surface area (Å²) in [6, 6.07) is 29.0. The van der Waals surface area contributed by atoms with Gasteiger partial charge in [0.25, 0.3) is 0 Å². The molecule has 1 unspecified atom stereocenters. The van der Waals surface area contributed by atoms with Gasteiger partial charge in [-0.05, 0) is 36.8 Å². The number of hydrogen-bond donors (Lipinski definition) is 1. The lowest BCUT2D eigenvalue weighted by Gasteiger charge is -2.36. The van der Waals surface area contributed by atoms with E-state index in [9.17, 15) is 5.11 Å². The normalized spacial score (nSPS) is 15.4. The summed E-state index contributed by atoms with van der Waals surface area (Å²) >= 11 is 0. The van der Waals surface area contributed by atoms with Crippen LogP contribution in [0.5, 0.6) is 5.75 Å². The van der Waals surface area contributed by atoms with E-state index in [-0.39, 0.29) is 0 Å². The topological polar surface area (TPSA) is 48.8 Å². The fourth-order valence-corrected chi connectivity index (χ4v) is 4.50. The van der Waals surface area contributed by atoms with Gasteiger partial charge >= 0.3 is 0 Å². The molecule has 1 N–H and O–H groups in total. The van der Waals surface area contributed by atoms with E-state index in [1.54, 1.807) is 0 Å². The second kappa shape index (κ2) is 10.2. The first kappa shape index (κ1) is 22.4. The van der Waals surface area contributed by atoms with Gasteiger partial charge in [-0.2, -0.15) is 0 Å². The van der Waals surface area contributed by atoms with Gasteiger partial charge in [0.1, 0.15) is 24.3 Å². The molecule has 3 aromatic carbocycles. The molecule has 174 valence electrons. The van der Waals surface area contributed by atoms with Crippen molar-refractivity contribution in [2.24, 2.45) is 0 Å². The molecule has 1 aliphatic heterocycles. The molecule has 1 atom stereocenters. The lowest BCUT2D eigenvalue weighted by atomic mass is 10.0. The van der Waals surface area contributed by atoms with Crippen LogP contribution in [0.15, 0.2) is 84.9 Å². The Kier molecular flexibility index (Phi) is 6.74. The zero-order valence-corrected chi connectivity index (χ0v) is 19.6. The average molecular weight is 454 g/mol. The minimum absolute atomic E-state index is 0.304. The smallest absolute Gasteiger partial charge is 0.129 e. The highest BCUT2D eigenvalue weighted by atomic mass is 16.5. The van der Waals surface area contributed by atoms with Crippen molar-refractivity contribution in [3.05, 3.63) is 90.5 Å². The molecule has 0 radical (unpaired) electrons. The Balaban J connectivity index is 1.22. The fourth-order valence-electron chi connectivity index (χ4n) is 4.50. The van der Waals surface area contributed by atoms with Gasteiger partial charge in [0.15, 0.2) is 0 Å². The minimum Gasteiger partial charge on any atom is -0.491 e. The summed E-state index contributed by atoms with van der Waals surface area (Å²) in [5.41, 5.74) is 4.66. The van der Waals surface area contributed by atoms with Crippen molar-refractivity contribution in [1.82, 2.24) is 9.88 Å². The summed E-state index contributed by atoms with van der Waals surface area (Å²) in [6.07, 6.45) is -0.511. The van der Waals surface area contributed by atoms with E-state index >= 15 is 0 Å². The van der Waals surface area contributed by atoms with Gasteiger partial charge in [0.05, 0.1) is 5.52 Å². The number of ether oxygens (including phenoxy) is 1. The van der Waals surface area contributed by atoms with Crippen molar-refractivity contribution in [2.45, 2.75) is 13.0 Å². The quantitative estimate of drug-likeness (QED) is 0.437. The molecule has 34 heavy (non-hydrogen) atoms. The van der Waals surface area contributed by atoms with E-state index in [2.05, 4.69) is 71.3 Å². The standard InChI is InChI=1S/C29H31N3O2/c1-22-10-12-23(13-11-22)27-9-5-6-24-14-15-28(30-29(24)27)32-18-16-31(17-19-32)20-25(33)21-34-26-7-3-2-4-8-26/h2-15,25,33H,16-21H2,1H3. The molecule has 2 heterocycles. The summed E-state index contributed by atoms with van der Waals surface area (Å²) < 4.78 is 5.70. The maximum Gasteiger partial charge on any atom is 0.129 e. The summed E-state index contributed by atoms with van der Waals surface area (Å²) in [5, 5.41) is 11.6. The molecule has 1 saturated heterocycles. The van der Waals surface area contributed by atoms with Crippen LogP contribution in [0.2, 0.25) is 0 Å². The molecule has 1 fully saturated rings. The Morgan fingerprint density at radius 1 is 0.853 bits per heavy atom. The van der Waals surface area contributed by atoms with Crippen LogP contribution >= 0.6 is 0 Å². The van der Waals surface area contributed by atoms with Crippen molar-refractivity contribution in [3.63, 3.8) is 0 Å². The SMILES string of the molecule is Cc1ccc(-c2cccc3ccc(N4CCN(CC(O)COc5ccccc5)CC4)nc23)cc1. The molecule has 1 aliphatic rings. The number of aliphatic hydroxyl groups excluding tert-OH is 1. The maximum absolute atomic E-state index is 10.4. The number of para-hydroxylation sites is 2. The average Bonchev–Trinajstić information content (AvgIpc) is 2.88. The highest BCUT2D eigenvalue weighted by Crippen LogP contribution is 2.29. The van der Waals surface area contributed by atoms with E-state index in [1.165, 1.54) is 16.7 Å². The number of anilines is 1. The van der Waals surface area contributed by atoms with Crippen LogP contribution < -0.4 is 9.64 Å². The van der Waals surface area contributed by atoms with Gasteiger partial charge in [-0.3, -0.25) is 4.90 Å². The van der Waals surface area contributed by atoms with Crippen LogP contribution in [0, 0.1) is 6.92 Å². The monoisotopic (exact) mass is 453 g/mol. The van der Waals surface area contributed by atoms with Crippen molar-refractivity contribution >= 4 is 16.7 Å². The number of aryl methyl sites for hydroxylation is 1. The summed E-state index contributed by atoms with van der Waals surface area (Å²) in [4.78, 5) is 9.73. The lowest BCUT2D eigenvalue weighted by molar-refractivity contribution is 0.0662. The Bertz CT molecular complexity index is 1220. The number of piperazine rings is 1. The van der Waals surface area contributed by atoms with E-state index in [4.69, 9.17) is 9.72 Å². The van der Waals surface area contributed by atoms with Crippen molar-refractivity contribution in [2.75, 3.05) is 44.2 Å². The van der Waals surface area contributed by atoms with Gasteiger partial charge in [-0.1, -0.05) is 66.2 Å². The molecule has 4 aromatic rings. The molecule has 0 bridgehead atoms. The fraction of sp³-hybridized carbons (Fsp3) is 0.276. The number of aromatic nitrogens is 1. The Morgan fingerprint density at radius 2 is 1.62 bits per heavy atom. The minimum atomic E-state index is -0.511. The number of benzene rings is 3. The van der Waals surface area contributed by atoms with Crippen molar-refractivity contribution in [3.8, 4) is 16.9 Å². The van der Waals surface area contributed by atoms with Crippen molar-refractivity contribution < 1.29 is 9.84 Å². The van der Waals surface area contributed by atoms with Crippen LogP contribution in [0.1, 0.15) is 5.56 Å². The summed E-state index contributed by atoms with van der Waals surface area (Å²) in [7, 11) is 0. The number of pyridine rings is 1. The van der Waals surface area contributed by atoms with Crippen LogP contribution in [0.4, 0.5) is 5.82 Å². The molecule has 0 aliphatic carbocycles. The molecule has 5 heteroatoms. The second-order valence-electron chi connectivity index (χ2n) is 8.98. The number of aliphatic hydroxyl groups is 1. The van der Waals surface area contributed by atoms with Crippen LogP contribution in [0.25, 0.3) is 22.0 Å². The lowest BCUT2D eigenvalue weighted by Crippen LogP contribution is -2.49. The first-order valence-corrected chi connectivity index (χ1v) is 12.0. The van der Waals surface area contributed by atoms with Crippen LogP contribution in [-0.4, -0.2) is 60.4 Å². The van der Waals surface area contributed by atoms with E-state index in [1.807, 2.05) is 30.3 Å². The predicted octanol–water partition coefficient (Wildman–Crippen LogP) is 4.77. The number of rotatable bonds is 7. The molecule has 5 nitrogen and oxygen atoms in total. The summed E-state index contributed by atoms with van der Waals surface area (Å²) in [5.74, 6) is 1.80. The third-order valence-corrected chi connectivity index (χ3v) is 6.42. The number of hydrogen-bond acceptors (Lipinski definition) is 5. The molecular formula is C29H31N3O2. The zero-order valence-electron chi connectivity index (χ0n) is 19.6. The first-order valence-electron chi connectivity index (χ1n) is 12.0. The van der Waals surface area contributed by atoms with Crippen LogP contribution in [0.3, 0.4) is 0 Å². The summed E-state index contributed by atoms with van der Waals surface area (Å²) in [6.45, 7) is 6.58. The Labute approximate surface area is 201 Å². The van der Waals surface area contributed by atoms with Crippen molar-refractivity contribution in [1.29, 1.82) is 0 Å². The molecule has 5 rings (SSSR count). The molecule has 0 saturated carbocycles. The Hall–Kier alpha value is -3.41. The highest BCUT2D eigenvalue weighted by molar-refractivity contribution is 5.94. The molecule has 0 spiro atoms. The predicted molar refractivity (Wildman–Crippen MR) is 139 cm³/mol.